The molecule has 88 valence electrons. The van der Waals surface area contributed by atoms with Crippen LogP contribution in [-0.4, -0.2) is 18.3 Å². The average Bonchev–Trinajstić information content (AvgIpc) is 3.11. The smallest absolute Gasteiger partial charge is 0.0419 e. The van der Waals surface area contributed by atoms with Crippen molar-refractivity contribution in [1.82, 2.24) is 0 Å². The molecule has 1 fully saturated rings. The third-order valence-electron chi connectivity index (χ3n) is 3.34. The van der Waals surface area contributed by atoms with E-state index < -0.39 is 0 Å². The number of anilines is 1. The molecule has 0 aliphatic carbocycles. The highest BCUT2D eigenvalue weighted by atomic mass is 32.2. The second kappa shape index (κ2) is 5.13. The Hall–Kier alpha value is -0.630. The van der Waals surface area contributed by atoms with E-state index in [1.807, 2.05) is 0 Å². The molecule has 1 aliphatic rings. The van der Waals surface area contributed by atoms with Gasteiger partial charge < -0.3 is 4.90 Å². The minimum atomic E-state index is 0.774. The number of rotatable bonds is 5. The zero-order valence-corrected chi connectivity index (χ0v) is 11.3. The summed E-state index contributed by atoms with van der Waals surface area (Å²) in [5.41, 5.74) is 2.86. The third-order valence-corrected chi connectivity index (χ3v) is 4.87. The van der Waals surface area contributed by atoms with Gasteiger partial charge in [0.05, 0.1) is 0 Å². The largest absolute Gasteiger partial charge is 0.372 e. The van der Waals surface area contributed by atoms with Crippen LogP contribution in [0.3, 0.4) is 0 Å². The predicted molar refractivity (Wildman–Crippen MR) is 74.4 cm³/mol. The molecule has 0 saturated carbocycles. The molecule has 1 nitrogen and oxygen atoms in total. The normalized spacial score (nSPS) is 23.2. The fourth-order valence-corrected chi connectivity index (χ4v) is 3.35. The quantitative estimate of drug-likeness (QED) is 0.707. The third kappa shape index (κ3) is 2.37. The lowest BCUT2D eigenvalue weighted by Crippen LogP contribution is -2.21. The van der Waals surface area contributed by atoms with Crippen molar-refractivity contribution in [3.8, 4) is 0 Å². The van der Waals surface area contributed by atoms with Gasteiger partial charge in [0, 0.05) is 29.3 Å². The minimum absolute atomic E-state index is 0.774. The Morgan fingerprint density at radius 1 is 1.06 bits per heavy atom. The van der Waals surface area contributed by atoms with Gasteiger partial charge in [-0.05, 0) is 38.0 Å². The Morgan fingerprint density at radius 3 is 2.12 bits per heavy atom. The first-order valence-corrected chi connectivity index (χ1v) is 7.24. The summed E-state index contributed by atoms with van der Waals surface area (Å²) in [6.07, 6.45) is 1.30. The number of hydrogen-bond donors (Lipinski definition) is 0. The van der Waals surface area contributed by atoms with Crippen LogP contribution in [0.5, 0.6) is 0 Å². The van der Waals surface area contributed by atoms with E-state index in [0.29, 0.717) is 0 Å². The molecular weight excluding hydrogens is 214 g/mol. The van der Waals surface area contributed by atoms with E-state index in [2.05, 4.69) is 61.7 Å². The minimum Gasteiger partial charge on any atom is -0.372 e. The van der Waals surface area contributed by atoms with Crippen LogP contribution < -0.4 is 4.90 Å². The van der Waals surface area contributed by atoms with Crippen LogP contribution in [0, 0.1) is 0 Å². The fourth-order valence-electron chi connectivity index (χ4n) is 2.21. The van der Waals surface area contributed by atoms with E-state index in [0.717, 1.165) is 23.6 Å². The molecule has 2 heteroatoms. The molecule has 0 radical (unpaired) electrons. The van der Waals surface area contributed by atoms with Crippen molar-refractivity contribution >= 4 is 17.4 Å². The highest BCUT2D eigenvalue weighted by Gasteiger charge is 2.37. The maximum atomic E-state index is 2.39. The molecule has 0 spiro atoms. The van der Waals surface area contributed by atoms with Crippen molar-refractivity contribution < 1.29 is 0 Å². The highest BCUT2D eigenvalue weighted by Crippen LogP contribution is 2.56. The van der Waals surface area contributed by atoms with Crippen LogP contribution in [0.4, 0.5) is 5.69 Å². The average molecular weight is 235 g/mol. The number of hydrogen-bond acceptors (Lipinski definition) is 2. The van der Waals surface area contributed by atoms with Gasteiger partial charge in [-0.3, -0.25) is 0 Å². The van der Waals surface area contributed by atoms with Crippen molar-refractivity contribution in [2.75, 3.05) is 18.0 Å². The van der Waals surface area contributed by atoms with Crippen molar-refractivity contribution in [1.29, 1.82) is 0 Å². The van der Waals surface area contributed by atoms with Crippen LogP contribution in [0.25, 0.3) is 0 Å². The van der Waals surface area contributed by atoms with Gasteiger partial charge in [0.15, 0.2) is 0 Å². The van der Waals surface area contributed by atoms with Crippen LogP contribution in [-0.2, 0) is 0 Å². The molecule has 1 aromatic rings. The lowest BCUT2D eigenvalue weighted by molar-refractivity contribution is 0.862. The summed E-state index contributed by atoms with van der Waals surface area (Å²) in [7, 11) is 0. The van der Waals surface area contributed by atoms with E-state index in [1.165, 1.54) is 17.7 Å². The van der Waals surface area contributed by atoms with Gasteiger partial charge in [0.25, 0.3) is 0 Å². The van der Waals surface area contributed by atoms with Gasteiger partial charge in [-0.25, -0.2) is 0 Å². The zero-order valence-electron chi connectivity index (χ0n) is 10.4. The molecule has 16 heavy (non-hydrogen) atoms. The van der Waals surface area contributed by atoms with Gasteiger partial charge in [-0.1, -0.05) is 19.1 Å². The summed E-state index contributed by atoms with van der Waals surface area (Å²) in [5.74, 6) is 0. The summed E-state index contributed by atoms with van der Waals surface area (Å²) >= 11 is 2.10. The fraction of sp³-hybridized carbons (Fsp3) is 0.571. The van der Waals surface area contributed by atoms with Gasteiger partial charge in [-0.15, -0.1) is 11.8 Å². The maximum absolute atomic E-state index is 2.39. The Kier molecular flexibility index (Phi) is 3.80. The first-order valence-electron chi connectivity index (χ1n) is 6.30. The lowest BCUT2D eigenvalue weighted by Gasteiger charge is -2.21. The van der Waals surface area contributed by atoms with Crippen molar-refractivity contribution in [2.24, 2.45) is 0 Å². The number of benzene rings is 1. The molecular formula is C14H21NS. The van der Waals surface area contributed by atoms with E-state index >= 15 is 0 Å². The van der Waals surface area contributed by atoms with E-state index in [1.54, 1.807) is 0 Å². The molecule has 0 aromatic heterocycles. The summed E-state index contributed by atoms with van der Waals surface area (Å²) in [6.45, 7) is 8.88. The Bertz CT molecular complexity index is 329. The SMILES string of the molecule is CCC1SC1c1ccc(N(CC)CC)cc1. The summed E-state index contributed by atoms with van der Waals surface area (Å²) in [5, 5.41) is 1.65. The molecule has 0 N–H and O–H groups in total. The molecule has 0 amide bonds. The Labute approximate surface area is 103 Å². The Balaban J connectivity index is 2.05. The predicted octanol–water partition coefficient (Wildman–Crippen LogP) is 4.10. The van der Waals surface area contributed by atoms with Crippen LogP contribution in [0.1, 0.15) is 38.0 Å². The van der Waals surface area contributed by atoms with Crippen molar-refractivity contribution in [3.63, 3.8) is 0 Å². The number of nitrogens with zero attached hydrogens (tertiary/aromatic N) is 1. The number of thioether (sulfide) groups is 1. The Morgan fingerprint density at radius 2 is 1.69 bits per heavy atom. The topological polar surface area (TPSA) is 3.24 Å². The van der Waals surface area contributed by atoms with E-state index in [4.69, 9.17) is 0 Å². The summed E-state index contributed by atoms with van der Waals surface area (Å²) in [6, 6.07) is 9.16. The van der Waals surface area contributed by atoms with Gasteiger partial charge in [0.2, 0.25) is 0 Å². The first kappa shape index (κ1) is 11.8. The van der Waals surface area contributed by atoms with Crippen molar-refractivity contribution in [2.45, 2.75) is 37.7 Å². The molecule has 2 rings (SSSR count). The molecule has 1 aromatic carbocycles. The standard InChI is InChI=1S/C14H21NS/c1-4-13-14(16-13)11-7-9-12(10-8-11)15(5-2)6-3/h7-10,13-14H,4-6H2,1-3H3. The van der Waals surface area contributed by atoms with E-state index in [-0.39, 0.29) is 0 Å². The van der Waals surface area contributed by atoms with Crippen LogP contribution in [0.15, 0.2) is 24.3 Å². The molecule has 2 unspecified atom stereocenters. The summed E-state index contributed by atoms with van der Waals surface area (Å²) < 4.78 is 0. The zero-order chi connectivity index (χ0) is 11.5. The maximum Gasteiger partial charge on any atom is 0.0419 e. The molecule has 2 atom stereocenters. The second-order valence-corrected chi connectivity index (χ2v) is 5.65. The summed E-state index contributed by atoms with van der Waals surface area (Å²) in [4.78, 5) is 2.39. The highest BCUT2D eigenvalue weighted by molar-refractivity contribution is 8.07. The van der Waals surface area contributed by atoms with Crippen LogP contribution in [0.2, 0.25) is 0 Å². The van der Waals surface area contributed by atoms with Gasteiger partial charge in [0.1, 0.15) is 0 Å². The molecule has 1 heterocycles. The second-order valence-electron chi connectivity index (χ2n) is 4.27. The first-order chi connectivity index (χ1) is 7.80. The van der Waals surface area contributed by atoms with Crippen LogP contribution >= 0.6 is 11.8 Å². The lowest BCUT2D eigenvalue weighted by atomic mass is 10.1. The van der Waals surface area contributed by atoms with Gasteiger partial charge >= 0.3 is 0 Å². The van der Waals surface area contributed by atoms with E-state index in [9.17, 15) is 0 Å². The monoisotopic (exact) mass is 235 g/mol. The van der Waals surface area contributed by atoms with Gasteiger partial charge in [-0.2, -0.15) is 0 Å². The van der Waals surface area contributed by atoms with Crippen molar-refractivity contribution in [3.05, 3.63) is 29.8 Å². The molecule has 0 bridgehead atoms. The molecule has 1 saturated heterocycles. The molecule has 1 aliphatic heterocycles.